The predicted octanol–water partition coefficient (Wildman–Crippen LogP) is 4.08. The van der Waals surface area contributed by atoms with E-state index in [0.29, 0.717) is 44.8 Å². The normalized spacial score (nSPS) is 33.4. The molecule has 7 nitrogen and oxygen atoms in total. The largest absolute Gasteiger partial charge is 0.469 e. The van der Waals surface area contributed by atoms with Gasteiger partial charge in [0.15, 0.2) is 6.29 Å². The Morgan fingerprint density at radius 1 is 1.03 bits per heavy atom. The maximum absolute atomic E-state index is 13.7. The Hall–Kier alpha value is -1.97. The zero-order chi connectivity index (χ0) is 26.1. The van der Waals surface area contributed by atoms with Gasteiger partial charge in [0, 0.05) is 31.7 Å². The molecule has 38 heavy (non-hydrogen) atoms. The third-order valence-electron chi connectivity index (χ3n) is 9.12. The molecule has 3 heterocycles. The summed E-state index contributed by atoms with van der Waals surface area (Å²) in [7, 11) is 0. The van der Waals surface area contributed by atoms with Gasteiger partial charge in [0.05, 0.1) is 24.9 Å². The van der Waals surface area contributed by atoms with Crippen molar-refractivity contribution in [3.05, 3.63) is 58.6 Å². The lowest BCUT2D eigenvalue weighted by molar-refractivity contribution is -0.101. The highest BCUT2D eigenvalue weighted by molar-refractivity contribution is 5.33. The van der Waals surface area contributed by atoms with E-state index in [1.165, 1.54) is 16.7 Å². The van der Waals surface area contributed by atoms with Gasteiger partial charge in [-0.3, -0.25) is 0 Å². The Morgan fingerprint density at radius 3 is 2.63 bits per heavy atom. The Morgan fingerprint density at radius 2 is 1.82 bits per heavy atom. The van der Waals surface area contributed by atoms with E-state index in [-0.39, 0.29) is 18.1 Å². The van der Waals surface area contributed by atoms with Gasteiger partial charge in [-0.15, -0.1) is 5.48 Å². The van der Waals surface area contributed by atoms with Gasteiger partial charge in [-0.1, -0.05) is 30.3 Å². The number of aliphatic hydroxyl groups is 2. The van der Waals surface area contributed by atoms with Crippen molar-refractivity contribution in [2.45, 2.75) is 94.4 Å². The fraction of sp³-hybridized carbons (Fsp3) is 0.667. The number of rotatable bonds is 7. The average molecular weight is 529 g/mol. The molecule has 0 aromatic heterocycles. The molecule has 3 N–H and O–H groups in total. The summed E-state index contributed by atoms with van der Waals surface area (Å²) >= 11 is 0. The number of ether oxygens (including phenoxy) is 2. The monoisotopic (exact) mass is 528 g/mol. The van der Waals surface area contributed by atoms with Gasteiger partial charge in [-0.25, -0.2) is 4.39 Å². The SMILES string of the molecule is OC(CO[C@@H]1CCC2=C(C1)O[C@@H](O)C[C@H]2c1ccccc1)CN1CCC([C@H]2NOC3=C2CC[C@H](F)C3)CC1. The summed E-state index contributed by atoms with van der Waals surface area (Å²) in [5.41, 5.74) is 6.96. The summed E-state index contributed by atoms with van der Waals surface area (Å²) < 4.78 is 25.7. The lowest BCUT2D eigenvalue weighted by Crippen LogP contribution is -2.45. The lowest BCUT2D eigenvalue weighted by Gasteiger charge is -2.38. The van der Waals surface area contributed by atoms with E-state index >= 15 is 0 Å². The molecule has 1 saturated heterocycles. The summed E-state index contributed by atoms with van der Waals surface area (Å²) in [6, 6.07) is 10.6. The van der Waals surface area contributed by atoms with E-state index in [4.69, 9.17) is 14.3 Å². The lowest BCUT2D eigenvalue weighted by atomic mass is 9.79. The first-order chi connectivity index (χ1) is 18.5. The second-order valence-electron chi connectivity index (χ2n) is 11.7. The number of nitrogens with zero attached hydrogens (tertiary/aromatic N) is 1. The maximum Gasteiger partial charge on any atom is 0.197 e. The summed E-state index contributed by atoms with van der Waals surface area (Å²) in [6.45, 7) is 2.77. The topological polar surface area (TPSA) is 83.4 Å². The van der Waals surface area contributed by atoms with Crippen molar-refractivity contribution < 1.29 is 28.9 Å². The molecule has 3 aliphatic heterocycles. The minimum absolute atomic E-state index is 0.00816. The highest BCUT2D eigenvalue weighted by atomic mass is 19.1. The molecular formula is C30H41FN2O5. The Labute approximate surface area is 224 Å². The number of likely N-dealkylation sites (tertiary alicyclic amines) is 1. The van der Waals surface area contributed by atoms with E-state index < -0.39 is 18.6 Å². The van der Waals surface area contributed by atoms with Crippen molar-refractivity contribution in [2.24, 2.45) is 5.92 Å². The summed E-state index contributed by atoms with van der Waals surface area (Å²) in [5.74, 6) is 2.38. The average Bonchev–Trinajstić information content (AvgIpc) is 3.35. The van der Waals surface area contributed by atoms with Crippen LogP contribution < -0.4 is 5.48 Å². The zero-order valence-corrected chi connectivity index (χ0v) is 22.1. The first kappa shape index (κ1) is 26.3. The van der Waals surface area contributed by atoms with Crippen LogP contribution >= 0.6 is 0 Å². The number of benzene rings is 1. The van der Waals surface area contributed by atoms with Crippen molar-refractivity contribution in [3.8, 4) is 0 Å². The van der Waals surface area contributed by atoms with Gasteiger partial charge < -0.3 is 29.4 Å². The number of hydroxylamine groups is 1. The third-order valence-corrected chi connectivity index (χ3v) is 9.12. The van der Waals surface area contributed by atoms with Gasteiger partial charge in [0.2, 0.25) is 0 Å². The van der Waals surface area contributed by atoms with Crippen molar-refractivity contribution in [1.29, 1.82) is 0 Å². The van der Waals surface area contributed by atoms with Gasteiger partial charge in [-0.05, 0) is 74.2 Å². The molecule has 0 saturated carbocycles. The van der Waals surface area contributed by atoms with Crippen molar-refractivity contribution >= 4 is 0 Å². The molecule has 6 atom stereocenters. The molecule has 6 rings (SSSR count). The van der Waals surface area contributed by atoms with Gasteiger partial charge in [0.1, 0.15) is 17.7 Å². The summed E-state index contributed by atoms with van der Waals surface area (Å²) in [5, 5.41) is 21.1. The first-order valence-electron chi connectivity index (χ1n) is 14.5. The zero-order valence-electron chi connectivity index (χ0n) is 22.1. The van der Waals surface area contributed by atoms with E-state index in [0.717, 1.165) is 56.7 Å². The summed E-state index contributed by atoms with van der Waals surface area (Å²) in [6.07, 6.45) is 4.77. The predicted molar refractivity (Wildman–Crippen MR) is 140 cm³/mol. The molecule has 1 aromatic rings. The molecule has 2 aliphatic carbocycles. The highest BCUT2D eigenvalue weighted by Crippen LogP contribution is 2.43. The van der Waals surface area contributed by atoms with E-state index in [1.54, 1.807) is 0 Å². The van der Waals surface area contributed by atoms with Gasteiger partial charge >= 0.3 is 0 Å². The minimum Gasteiger partial charge on any atom is -0.469 e. The third kappa shape index (κ3) is 5.80. The first-order valence-corrected chi connectivity index (χ1v) is 14.5. The highest BCUT2D eigenvalue weighted by Gasteiger charge is 2.39. The second kappa shape index (κ2) is 11.6. The van der Waals surface area contributed by atoms with Crippen LogP contribution in [0.25, 0.3) is 0 Å². The van der Waals surface area contributed by atoms with Gasteiger partial charge in [-0.2, -0.15) is 0 Å². The number of alkyl halides is 1. The quantitative estimate of drug-likeness (QED) is 0.492. The molecular weight excluding hydrogens is 487 g/mol. The fourth-order valence-corrected chi connectivity index (χ4v) is 7.08. The van der Waals surface area contributed by atoms with Crippen LogP contribution in [0.1, 0.15) is 69.3 Å². The molecule has 1 unspecified atom stereocenters. The Kier molecular flexibility index (Phi) is 8.05. The van der Waals surface area contributed by atoms with Gasteiger partial charge in [0.25, 0.3) is 0 Å². The van der Waals surface area contributed by atoms with E-state index in [2.05, 4.69) is 22.5 Å². The summed E-state index contributed by atoms with van der Waals surface area (Å²) in [4.78, 5) is 7.95. The Bertz CT molecular complexity index is 1020. The number of piperidine rings is 1. The number of halogens is 1. The van der Waals surface area contributed by atoms with Crippen LogP contribution in [-0.2, 0) is 14.3 Å². The fourth-order valence-electron chi connectivity index (χ4n) is 7.08. The molecule has 5 aliphatic rings. The Balaban J connectivity index is 0.954. The molecule has 0 radical (unpaired) electrons. The molecule has 0 amide bonds. The maximum atomic E-state index is 13.7. The van der Waals surface area contributed by atoms with Crippen LogP contribution in [0.15, 0.2) is 53.0 Å². The molecule has 1 aromatic carbocycles. The number of hydrogen-bond acceptors (Lipinski definition) is 7. The van der Waals surface area contributed by atoms with Crippen molar-refractivity contribution in [1.82, 2.24) is 10.4 Å². The number of hydrogen-bond donors (Lipinski definition) is 3. The molecule has 8 heteroatoms. The molecule has 208 valence electrons. The molecule has 1 fully saturated rings. The van der Waals surface area contributed by atoms with Crippen LogP contribution in [0.5, 0.6) is 0 Å². The second-order valence-corrected chi connectivity index (χ2v) is 11.7. The smallest absolute Gasteiger partial charge is 0.197 e. The van der Waals surface area contributed by atoms with Crippen LogP contribution in [0.2, 0.25) is 0 Å². The standard InChI is InChI=1S/C30H41FN2O5/c31-21-6-8-25-28(14-21)38-32-30(25)20-10-12-33(13-11-20)17-22(34)18-36-23-7-9-24-26(19-4-2-1-3-5-19)16-29(35)37-27(24)15-23/h1-5,20-23,26,29-30,32,34-35H,6-18H2/t21-,22?,23+,26-,29+,30+/m0/s1. The number of allylic oxidation sites excluding steroid dienone is 2. The van der Waals surface area contributed by atoms with Crippen LogP contribution in [-0.4, -0.2) is 72.1 Å². The minimum atomic E-state index is -0.793. The molecule has 0 bridgehead atoms. The van der Waals surface area contributed by atoms with E-state index in [9.17, 15) is 14.6 Å². The van der Waals surface area contributed by atoms with Crippen molar-refractivity contribution in [2.75, 3.05) is 26.2 Å². The van der Waals surface area contributed by atoms with Crippen molar-refractivity contribution in [3.63, 3.8) is 0 Å². The van der Waals surface area contributed by atoms with Crippen LogP contribution in [0.4, 0.5) is 4.39 Å². The number of aliphatic hydroxyl groups excluding tert-OH is 2. The number of nitrogens with one attached hydrogen (secondary N) is 1. The molecule has 0 spiro atoms. The van der Waals surface area contributed by atoms with E-state index in [1.807, 2.05) is 18.2 Å². The van der Waals surface area contributed by atoms with Crippen LogP contribution in [0.3, 0.4) is 0 Å². The van der Waals surface area contributed by atoms with Crippen LogP contribution in [0, 0.1) is 5.92 Å². The number of β-amino-alcohol motifs (C(OH)–C–C–N with tert-alkyl or cyclic N) is 1.